The van der Waals surface area contributed by atoms with Crippen molar-refractivity contribution in [3.63, 3.8) is 0 Å². The second kappa shape index (κ2) is 4.58. The third-order valence-corrected chi connectivity index (χ3v) is 3.63. The minimum Gasteiger partial charge on any atom is -0.356 e. The summed E-state index contributed by atoms with van der Waals surface area (Å²) in [6.07, 6.45) is 4.28. The van der Waals surface area contributed by atoms with Crippen LogP contribution in [0.3, 0.4) is 0 Å². The first kappa shape index (κ1) is 13.1. The van der Waals surface area contributed by atoms with Crippen molar-refractivity contribution in [3.8, 4) is 0 Å². The van der Waals surface area contributed by atoms with Gasteiger partial charge >= 0.3 is 0 Å². The molecule has 0 saturated carbocycles. The zero-order chi connectivity index (χ0) is 14.3. The second-order valence-electron chi connectivity index (χ2n) is 6.24. The molecule has 1 aliphatic heterocycles. The standard InChI is InChI=1S/C15H19FN4/c1-15(2,3)13-9-20-12(6-7-17-14(20)19-13)11-5-4-10(16)8-18-11/h4-5,8-9,12H,6-7H2,1-3H3,(H,17,19). The van der Waals surface area contributed by atoms with Crippen molar-refractivity contribution in [2.45, 2.75) is 38.6 Å². The van der Waals surface area contributed by atoms with Crippen molar-refractivity contribution in [2.75, 3.05) is 11.9 Å². The number of hydrogen-bond acceptors (Lipinski definition) is 3. The normalized spacial score (nSPS) is 18.5. The van der Waals surface area contributed by atoms with E-state index in [1.54, 1.807) is 6.07 Å². The molecular weight excluding hydrogens is 255 g/mol. The first-order valence-corrected chi connectivity index (χ1v) is 6.90. The van der Waals surface area contributed by atoms with Crippen LogP contribution in [0.15, 0.2) is 24.5 Å². The Balaban J connectivity index is 2.01. The number of nitrogens with zero attached hydrogens (tertiary/aromatic N) is 3. The molecular formula is C15H19FN4. The van der Waals surface area contributed by atoms with E-state index in [4.69, 9.17) is 0 Å². The van der Waals surface area contributed by atoms with Crippen molar-refractivity contribution in [2.24, 2.45) is 0 Å². The summed E-state index contributed by atoms with van der Waals surface area (Å²) in [5.41, 5.74) is 1.94. The van der Waals surface area contributed by atoms with Gasteiger partial charge in [-0.15, -0.1) is 0 Å². The number of imidazole rings is 1. The van der Waals surface area contributed by atoms with Gasteiger partial charge in [0.05, 0.1) is 23.6 Å². The third kappa shape index (κ3) is 2.28. The van der Waals surface area contributed by atoms with Crippen LogP contribution in [-0.2, 0) is 5.41 Å². The minimum atomic E-state index is -0.302. The molecule has 3 heterocycles. The molecule has 20 heavy (non-hydrogen) atoms. The summed E-state index contributed by atoms with van der Waals surface area (Å²) in [5.74, 6) is 0.571. The Hall–Kier alpha value is -1.91. The Morgan fingerprint density at radius 1 is 1.35 bits per heavy atom. The number of nitrogens with one attached hydrogen (secondary N) is 1. The number of rotatable bonds is 1. The maximum Gasteiger partial charge on any atom is 0.203 e. The van der Waals surface area contributed by atoms with Gasteiger partial charge in [-0.3, -0.25) is 4.98 Å². The number of hydrogen-bond donors (Lipinski definition) is 1. The van der Waals surface area contributed by atoms with Crippen LogP contribution in [-0.4, -0.2) is 21.1 Å². The van der Waals surface area contributed by atoms with Gasteiger partial charge in [-0.1, -0.05) is 20.8 Å². The summed E-state index contributed by atoms with van der Waals surface area (Å²) >= 11 is 0. The summed E-state index contributed by atoms with van der Waals surface area (Å²) in [4.78, 5) is 8.89. The van der Waals surface area contributed by atoms with Crippen LogP contribution in [0.5, 0.6) is 0 Å². The Morgan fingerprint density at radius 2 is 2.15 bits per heavy atom. The molecule has 0 radical (unpaired) electrons. The van der Waals surface area contributed by atoms with Crippen LogP contribution in [0.1, 0.15) is 44.6 Å². The lowest BCUT2D eigenvalue weighted by molar-refractivity contribution is 0.512. The zero-order valence-electron chi connectivity index (χ0n) is 12.0. The Bertz CT molecular complexity index is 610. The van der Waals surface area contributed by atoms with E-state index in [1.807, 2.05) is 0 Å². The Labute approximate surface area is 118 Å². The molecule has 0 aliphatic carbocycles. The van der Waals surface area contributed by atoms with E-state index in [2.05, 4.69) is 46.8 Å². The van der Waals surface area contributed by atoms with Gasteiger partial charge in [0.2, 0.25) is 5.95 Å². The van der Waals surface area contributed by atoms with E-state index in [9.17, 15) is 4.39 Å². The zero-order valence-corrected chi connectivity index (χ0v) is 12.0. The van der Waals surface area contributed by atoms with Crippen molar-refractivity contribution >= 4 is 5.95 Å². The number of anilines is 1. The number of aromatic nitrogens is 3. The van der Waals surface area contributed by atoms with Crippen molar-refractivity contribution in [1.82, 2.24) is 14.5 Å². The molecule has 2 aromatic rings. The molecule has 0 spiro atoms. The largest absolute Gasteiger partial charge is 0.356 e. The average Bonchev–Trinajstić information content (AvgIpc) is 2.83. The molecule has 3 rings (SSSR count). The quantitative estimate of drug-likeness (QED) is 0.868. The number of halogens is 1. The lowest BCUT2D eigenvalue weighted by Gasteiger charge is -2.25. The van der Waals surface area contributed by atoms with E-state index in [0.717, 1.165) is 30.3 Å². The first-order valence-electron chi connectivity index (χ1n) is 6.90. The Morgan fingerprint density at radius 3 is 2.80 bits per heavy atom. The molecule has 106 valence electrons. The molecule has 4 nitrogen and oxygen atoms in total. The molecule has 0 fully saturated rings. The number of fused-ring (bicyclic) bond motifs is 1. The SMILES string of the molecule is CC(C)(C)c1cn2c(n1)NCCC2c1ccc(F)cn1. The molecule has 1 aliphatic rings. The summed E-state index contributed by atoms with van der Waals surface area (Å²) in [7, 11) is 0. The second-order valence-corrected chi connectivity index (χ2v) is 6.24. The molecule has 1 N–H and O–H groups in total. The van der Waals surface area contributed by atoms with Crippen LogP contribution in [0, 0.1) is 5.82 Å². The molecule has 1 unspecified atom stereocenters. The van der Waals surface area contributed by atoms with Crippen molar-refractivity contribution < 1.29 is 4.39 Å². The molecule has 0 amide bonds. The molecule has 0 aromatic carbocycles. The highest BCUT2D eigenvalue weighted by Gasteiger charge is 2.27. The van der Waals surface area contributed by atoms with E-state index in [1.165, 1.54) is 12.3 Å². The van der Waals surface area contributed by atoms with Crippen molar-refractivity contribution in [3.05, 3.63) is 41.7 Å². The van der Waals surface area contributed by atoms with E-state index in [-0.39, 0.29) is 17.3 Å². The summed E-state index contributed by atoms with van der Waals surface area (Å²) in [6.45, 7) is 7.29. The van der Waals surface area contributed by atoms with Crippen LogP contribution in [0.4, 0.5) is 10.3 Å². The van der Waals surface area contributed by atoms with Gasteiger partial charge < -0.3 is 9.88 Å². The van der Waals surface area contributed by atoms with Crippen LogP contribution in [0.25, 0.3) is 0 Å². The fourth-order valence-electron chi connectivity index (χ4n) is 2.46. The monoisotopic (exact) mass is 274 g/mol. The molecule has 0 saturated heterocycles. The van der Waals surface area contributed by atoms with Crippen LogP contribution < -0.4 is 5.32 Å². The van der Waals surface area contributed by atoms with Gasteiger partial charge in [-0.25, -0.2) is 9.37 Å². The maximum absolute atomic E-state index is 13.0. The summed E-state index contributed by atoms with van der Waals surface area (Å²) in [5, 5.41) is 3.32. The predicted octanol–water partition coefficient (Wildman–Crippen LogP) is 3.12. The van der Waals surface area contributed by atoms with E-state index < -0.39 is 0 Å². The summed E-state index contributed by atoms with van der Waals surface area (Å²) < 4.78 is 15.1. The molecule has 0 bridgehead atoms. The molecule has 1 atom stereocenters. The van der Waals surface area contributed by atoms with Gasteiger partial charge in [0, 0.05) is 18.2 Å². The smallest absolute Gasteiger partial charge is 0.203 e. The highest BCUT2D eigenvalue weighted by atomic mass is 19.1. The Kier molecular flexibility index (Phi) is 3.00. The lowest BCUT2D eigenvalue weighted by atomic mass is 9.93. The first-order chi connectivity index (χ1) is 9.45. The average molecular weight is 274 g/mol. The van der Waals surface area contributed by atoms with Gasteiger partial charge in [0.1, 0.15) is 5.82 Å². The fourth-order valence-corrected chi connectivity index (χ4v) is 2.46. The number of pyridine rings is 1. The molecule has 5 heteroatoms. The topological polar surface area (TPSA) is 42.7 Å². The van der Waals surface area contributed by atoms with Gasteiger partial charge in [0.25, 0.3) is 0 Å². The lowest BCUT2D eigenvalue weighted by Crippen LogP contribution is -2.24. The highest BCUT2D eigenvalue weighted by molar-refractivity contribution is 5.36. The van der Waals surface area contributed by atoms with E-state index in [0.29, 0.717) is 0 Å². The van der Waals surface area contributed by atoms with Crippen LogP contribution >= 0.6 is 0 Å². The minimum absolute atomic E-state index is 0.00674. The predicted molar refractivity (Wildman–Crippen MR) is 76.4 cm³/mol. The van der Waals surface area contributed by atoms with Crippen LogP contribution in [0.2, 0.25) is 0 Å². The van der Waals surface area contributed by atoms with Gasteiger partial charge in [-0.2, -0.15) is 0 Å². The van der Waals surface area contributed by atoms with Crippen molar-refractivity contribution in [1.29, 1.82) is 0 Å². The highest BCUT2D eigenvalue weighted by Crippen LogP contribution is 2.32. The summed E-state index contributed by atoms with van der Waals surface area (Å²) in [6, 6.07) is 3.34. The fraction of sp³-hybridized carbons (Fsp3) is 0.467. The van der Waals surface area contributed by atoms with Gasteiger partial charge in [-0.05, 0) is 18.6 Å². The third-order valence-electron chi connectivity index (χ3n) is 3.63. The maximum atomic E-state index is 13.0. The molecule has 2 aromatic heterocycles. The van der Waals surface area contributed by atoms with Gasteiger partial charge in [0.15, 0.2) is 0 Å². The van der Waals surface area contributed by atoms with E-state index >= 15 is 0 Å².